The van der Waals surface area contributed by atoms with Crippen LogP contribution in [0.25, 0.3) is 0 Å². The van der Waals surface area contributed by atoms with Crippen LogP contribution in [0.15, 0.2) is 30.3 Å². The lowest BCUT2D eigenvalue weighted by Crippen LogP contribution is -2.50. The lowest BCUT2D eigenvalue weighted by Gasteiger charge is -2.45. The van der Waals surface area contributed by atoms with Crippen LogP contribution < -0.4 is 5.73 Å². The highest BCUT2D eigenvalue weighted by Crippen LogP contribution is 2.43. The number of benzene rings is 1. The van der Waals surface area contributed by atoms with E-state index in [1.807, 2.05) is 0 Å². The minimum atomic E-state index is -0.178. The molecule has 1 rings (SSSR count). The molecular weight excluding hydrogens is 350 g/mol. The SMILES string of the molecule is CCCCCCCC(CC)C(N)(c1ccccc1)C(CCCC)CCCCCC. The fourth-order valence-electron chi connectivity index (χ4n) is 5.20. The normalized spacial score (nSPS) is 15.8. The molecule has 0 radical (unpaired) electrons. The summed E-state index contributed by atoms with van der Waals surface area (Å²) in [7, 11) is 0. The van der Waals surface area contributed by atoms with Gasteiger partial charge in [-0.2, -0.15) is 0 Å². The van der Waals surface area contributed by atoms with Crippen molar-refractivity contribution in [3.05, 3.63) is 35.9 Å². The van der Waals surface area contributed by atoms with Crippen molar-refractivity contribution in [3.8, 4) is 0 Å². The molecule has 29 heavy (non-hydrogen) atoms. The third-order valence-electron chi connectivity index (χ3n) is 7.09. The molecule has 168 valence electrons. The minimum Gasteiger partial charge on any atom is -0.321 e. The van der Waals surface area contributed by atoms with E-state index in [1.165, 1.54) is 102 Å². The van der Waals surface area contributed by atoms with Crippen LogP contribution in [0.5, 0.6) is 0 Å². The van der Waals surface area contributed by atoms with Gasteiger partial charge in [-0.15, -0.1) is 0 Å². The summed E-state index contributed by atoms with van der Waals surface area (Å²) in [5.41, 5.74) is 8.72. The summed E-state index contributed by atoms with van der Waals surface area (Å²) < 4.78 is 0. The van der Waals surface area contributed by atoms with E-state index >= 15 is 0 Å². The molecule has 0 aromatic heterocycles. The van der Waals surface area contributed by atoms with Crippen LogP contribution in [0, 0.1) is 11.8 Å². The van der Waals surface area contributed by atoms with Gasteiger partial charge in [0, 0.05) is 5.54 Å². The second-order valence-corrected chi connectivity index (χ2v) is 9.30. The van der Waals surface area contributed by atoms with E-state index in [-0.39, 0.29) is 5.54 Å². The standard InChI is InChI=1S/C28H51N/c1-5-9-12-14-17-21-25(8-4)28(29,27-23-18-15-19-24-27)26(20-11-7-3)22-16-13-10-6-2/h15,18-19,23-26H,5-14,16-17,20-22,29H2,1-4H3. The first kappa shape index (κ1) is 26.2. The smallest absolute Gasteiger partial charge is 0.0466 e. The van der Waals surface area contributed by atoms with Crippen LogP contribution in [-0.2, 0) is 5.54 Å². The number of nitrogens with two attached hydrogens (primary N) is 1. The van der Waals surface area contributed by atoms with Crippen LogP contribution in [0.1, 0.15) is 130 Å². The molecule has 2 N–H and O–H groups in total. The molecule has 0 aliphatic heterocycles. The van der Waals surface area contributed by atoms with Gasteiger partial charge in [-0.1, -0.05) is 135 Å². The lowest BCUT2D eigenvalue weighted by molar-refractivity contribution is 0.133. The molecular formula is C28H51N. The molecule has 0 saturated carbocycles. The van der Waals surface area contributed by atoms with Gasteiger partial charge in [0.1, 0.15) is 0 Å². The Labute approximate surface area is 183 Å². The Morgan fingerprint density at radius 1 is 0.621 bits per heavy atom. The van der Waals surface area contributed by atoms with E-state index in [0.29, 0.717) is 11.8 Å². The highest BCUT2D eigenvalue weighted by molar-refractivity contribution is 5.26. The molecule has 3 atom stereocenters. The first-order valence-electron chi connectivity index (χ1n) is 13.0. The predicted molar refractivity (Wildman–Crippen MR) is 131 cm³/mol. The second-order valence-electron chi connectivity index (χ2n) is 9.30. The Hall–Kier alpha value is -0.820. The van der Waals surface area contributed by atoms with Gasteiger partial charge in [-0.05, 0) is 36.7 Å². The van der Waals surface area contributed by atoms with Crippen LogP contribution in [0.2, 0.25) is 0 Å². The molecule has 0 saturated heterocycles. The molecule has 0 bridgehead atoms. The van der Waals surface area contributed by atoms with Gasteiger partial charge in [0.15, 0.2) is 0 Å². The summed E-state index contributed by atoms with van der Waals surface area (Å²) in [6.07, 6.45) is 19.7. The molecule has 0 aliphatic carbocycles. The molecule has 1 nitrogen and oxygen atoms in total. The van der Waals surface area contributed by atoms with Gasteiger partial charge in [-0.3, -0.25) is 0 Å². The van der Waals surface area contributed by atoms with Gasteiger partial charge in [0.2, 0.25) is 0 Å². The van der Waals surface area contributed by atoms with Crippen LogP contribution in [-0.4, -0.2) is 0 Å². The molecule has 0 aliphatic rings. The summed E-state index contributed by atoms with van der Waals surface area (Å²) in [6.45, 7) is 9.29. The lowest BCUT2D eigenvalue weighted by atomic mass is 9.64. The summed E-state index contributed by atoms with van der Waals surface area (Å²) in [6, 6.07) is 11.1. The van der Waals surface area contributed by atoms with Crippen molar-refractivity contribution in [2.75, 3.05) is 0 Å². The Bertz CT molecular complexity index is 482. The van der Waals surface area contributed by atoms with Crippen molar-refractivity contribution in [3.63, 3.8) is 0 Å². The Morgan fingerprint density at radius 2 is 1.10 bits per heavy atom. The quantitative estimate of drug-likeness (QED) is 0.244. The van der Waals surface area contributed by atoms with Gasteiger partial charge >= 0.3 is 0 Å². The largest absolute Gasteiger partial charge is 0.321 e. The van der Waals surface area contributed by atoms with Gasteiger partial charge in [0.25, 0.3) is 0 Å². The summed E-state index contributed by atoms with van der Waals surface area (Å²) >= 11 is 0. The third-order valence-corrected chi connectivity index (χ3v) is 7.09. The molecule has 0 amide bonds. The number of rotatable bonds is 18. The zero-order chi connectivity index (χ0) is 21.4. The van der Waals surface area contributed by atoms with Crippen molar-refractivity contribution in [2.24, 2.45) is 17.6 Å². The topological polar surface area (TPSA) is 26.0 Å². The highest BCUT2D eigenvalue weighted by Gasteiger charge is 2.41. The van der Waals surface area contributed by atoms with Crippen LogP contribution in [0.3, 0.4) is 0 Å². The first-order chi connectivity index (χ1) is 14.1. The minimum absolute atomic E-state index is 0.178. The Morgan fingerprint density at radius 3 is 1.66 bits per heavy atom. The van der Waals surface area contributed by atoms with Crippen LogP contribution >= 0.6 is 0 Å². The maximum absolute atomic E-state index is 7.51. The Balaban J connectivity index is 3.04. The fraction of sp³-hybridized carbons (Fsp3) is 0.786. The van der Waals surface area contributed by atoms with Crippen LogP contribution in [0.4, 0.5) is 0 Å². The van der Waals surface area contributed by atoms with Crippen molar-refractivity contribution in [1.82, 2.24) is 0 Å². The van der Waals surface area contributed by atoms with Crippen molar-refractivity contribution in [2.45, 2.75) is 130 Å². The fourth-order valence-corrected chi connectivity index (χ4v) is 5.20. The van der Waals surface area contributed by atoms with Crippen molar-refractivity contribution in [1.29, 1.82) is 0 Å². The van der Waals surface area contributed by atoms with Crippen molar-refractivity contribution < 1.29 is 0 Å². The molecule has 0 fully saturated rings. The van der Waals surface area contributed by atoms with E-state index in [2.05, 4.69) is 58.0 Å². The molecule has 1 aromatic carbocycles. The first-order valence-corrected chi connectivity index (χ1v) is 13.0. The highest BCUT2D eigenvalue weighted by atomic mass is 14.8. The van der Waals surface area contributed by atoms with Crippen molar-refractivity contribution >= 4 is 0 Å². The maximum Gasteiger partial charge on any atom is 0.0466 e. The molecule has 1 aromatic rings. The number of unbranched alkanes of at least 4 members (excludes halogenated alkanes) is 8. The van der Waals surface area contributed by atoms with E-state index in [1.54, 1.807) is 0 Å². The van der Waals surface area contributed by atoms with Gasteiger partial charge in [0.05, 0.1) is 0 Å². The third kappa shape index (κ3) is 8.83. The molecule has 3 unspecified atom stereocenters. The van der Waals surface area contributed by atoms with E-state index < -0.39 is 0 Å². The number of hydrogen-bond acceptors (Lipinski definition) is 1. The predicted octanol–water partition coefficient (Wildman–Crippen LogP) is 9.00. The summed E-state index contributed by atoms with van der Waals surface area (Å²) in [5.74, 6) is 1.18. The molecule has 1 heteroatoms. The van der Waals surface area contributed by atoms with Gasteiger partial charge in [-0.25, -0.2) is 0 Å². The zero-order valence-electron chi connectivity index (χ0n) is 20.2. The summed E-state index contributed by atoms with van der Waals surface area (Å²) in [5, 5.41) is 0. The number of hydrogen-bond donors (Lipinski definition) is 1. The average molecular weight is 402 g/mol. The monoisotopic (exact) mass is 401 g/mol. The van der Waals surface area contributed by atoms with E-state index in [0.717, 1.165) is 0 Å². The summed E-state index contributed by atoms with van der Waals surface area (Å²) in [4.78, 5) is 0. The zero-order valence-corrected chi connectivity index (χ0v) is 20.2. The Kier molecular flexibility index (Phi) is 14.4. The van der Waals surface area contributed by atoms with E-state index in [9.17, 15) is 0 Å². The van der Waals surface area contributed by atoms with E-state index in [4.69, 9.17) is 5.73 Å². The molecule has 0 heterocycles. The van der Waals surface area contributed by atoms with Gasteiger partial charge < -0.3 is 5.73 Å². The second kappa shape index (κ2) is 15.9. The molecule has 0 spiro atoms. The maximum atomic E-state index is 7.51. The average Bonchev–Trinajstić information content (AvgIpc) is 2.76.